The third kappa shape index (κ3) is 7.23. The van der Waals surface area contributed by atoms with E-state index in [1.807, 2.05) is 5.32 Å². The van der Waals surface area contributed by atoms with Gasteiger partial charge < -0.3 is 14.8 Å². The number of alkyl carbamates (subject to hydrolysis) is 1. The first-order valence-corrected chi connectivity index (χ1v) is 6.82. The average molecular weight is 344 g/mol. The number of rotatable bonds is 6. The maximum atomic E-state index is 11.7. The molecular weight excluding hydrogens is 330 g/mol. The molecule has 0 bridgehead atoms. The van der Waals surface area contributed by atoms with Crippen molar-refractivity contribution in [1.82, 2.24) is 15.6 Å². The number of carbonyl (C=O) groups excluding carboxylic acids is 4. The molecule has 0 radical (unpaired) electrons. The molecule has 1 aromatic heterocycles. The lowest BCUT2D eigenvalue weighted by Gasteiger charge is -2.07. The van der Waals surface area contributed by atoms with Gasteiger partial charge in [-0.25, -0.2) is 4.79 Å². The molecule has 3 amide bonds. The Morgan fingerprint density at radius 2 is 2.00 bits per heavy atom. The summed E-state index contributed by atoms with van der Waals surface area (Å²) in [6.45, 7) is 0.520. The molecule has 1 heterocycles. The zero-order valence-electron chi connectivity index (χ0n) is 12.1. The van der Waals surface area contributed by atoms with Crippen molar-refractivity contribution in [2.24, 2.45) is 0 Å². The molecule has 2 N–H and O–H groups in total. The van der Waals surface area contributed by atoms with Crippen LogP contribution >= 0.6 is 11.6 Å². The van der Waals surface area contributed by atoms with Crippen LogP contribution in [0.2, 0.25) is 5.02 Å². The number of ether oxygens (including phenoxy) is 2. The van der Waals surface area contributed by atoms with Crippen LogP contribution in [0.25, 0.3) is 0 Å². The van der Waals surface area contributed by atoms with Crippen molar-refractivity contribution in [3.05, 3.63) is 29.0 Å². The number of amides is 3. The topological polar surface area (TPSA) is 124 Å². The highest BCUT2D eigenvalue weighted by molar-refractivity contribution is 6.30. The molecule has 0 unspecified atom stereocenters. The summed E-state index contributed by atoms with van der Waals surface area (Å²) in [6.07, 6.45) is 0.406. The largest absolute Gasteiger partial charge is 0.454 e. The molecule has 0 aliphatic rings. The van der Waals surface area contributed by atoms with Gasteiger partial charge in [0.05, 0.1) is 6.61 Å². The summed E-state index contributed by atoms with van der Waals surface area (Å²) in [6, 6.07) is 2.82. The Balaban J connectivity index is 2.30. The molecule has 0 aliphatic heterocycles. The van der Waals surface area contributed by atoms with Crippen molar-refractivity contribution in [2.45, 2.75) is 6.92 Å². The van der Waals surface area contributed by atoms with Crippen molar-refractivity contribution < 1.29 is 28.7 Å². The SMILES string of the molecule is CCOC(=O)NC(=O)COC(=O)CNC(=O)c1cc(Cl)ccn1. The third-order valence-electron chi connectivity index (χ3n) is 2.23. The van der Waals surface area contributed by atoms with Gasteiger partial charge in [0.25, 0.3) is 11.8 Å². The summed E-state index contributed by atoms with van der Waals surface area (Å²) in [5.41, 5.74) is 0.0327. The van der Waals surface area contributed by atoms with E-state index >= 15 is 0 Å². The minimum Gasteiger partial charge on any atom is -0.454 e. The van der Waals surface area contributed by atoms with Gasteiger partial charge >= 0.3 is 12.1 Å². The molecule has 23 heavy (non-hydrogen) atoms. The molecule has 0 saturated heterocycles. The summed E-state index contributed by atoms with van der Waals surface area (Å²) in [4.78, 5) is 49.0. The Labute approximate surface area is 136 Å². The molecule has 1 rings (SSSR count). The summed E-state index contributed by atoms with van der Waals surface area (Å²) in [5, 5.41) is 4.42. The summed E-state index contributed by atoms with van der Waals surface area (Å²) in [7, 11) is 0. The zero-order valence-corrected chi connectivity index (χ0v) is 12.9. The van der Waals surface area contributed by atoms with E-state index < -0.39 is 37.0 Å². The lowest BCUT2D eigenvalue weighted by molar-refractivity contribution is -0.147. The van der Waals surface area contributed by atoms with Gasteiger partial charge in [0, 0.05) is 11.2 Å². The smallest absolute Gasteiger partial charge is 0.413 e. The zero-order chi connectivity index (χ0) is 17.2. The highest BCUT2D eigenvalue weighted by Gasteiger charge is 2.13. The van der Waals surface area contributed by atoms with E-state index in [2.05, 4.69) is 19.8 Å². The Bertz CT molecular complexity index is 607. The van der Waals surface area contributed by atoms with Gasteiger partial charge in [-0.3, -0.25) is 24.7 Å². The molecule has 10 heteroatoms. The standard InChI is InChI=1S/C13H14ClN3O6/c1-2-22-13(21)17-10(18)7-23-11(19)6-16-12(20)9-5-8(14)3-4-15-9/h3-5H,2,6-7H2,1H3,(H,16,20)(H,17,18,21). The maximum absolute atomic E-state index is 11.7. The number of aromatic nitrogens is 1. The maximum Gasteiger partial charge on any atom is 0.413 e. The van der Waals surface area contributed by atoms with Crippen molar-refractivity contribution in [3.8, 4) is 0 Å². The van der Waals surface area contributed by atoms with Crippen molar-refractivity contribution >= 4 is 35.5 Å². The van der Waals surface area contributed by atoms with E-state index in [4.69, 9.17) is 11.6 Å². The first-order valence-electron chi connectivity index (χ1n) is 6.44. The van der Waals surface area contributed by atoms with Crippen LogP contribution in [0, 0.1) is 0 Å². The second-order valence-corrected chi connectivity index (χ2v) is 4.41. The number of nitrogens with one attached hydrogen (secondary N) is 2. The minimum atomic E-state index is -0.936. The van der Waals surface area contributed by atoms with Crippen LogP contribution in [0.4, 0.5) is 4.79 Å². The Morgan fingerprint density at radius 1 is 1.26 bits per heavy atom. The number of esters is 1. The van der Waals surface area contributed by atoms with Gasteiger partial charge in [-0.15, -0.1) is 0 Å². The molecule has 0 saturated carbocycles. The lowest BCUT2D eigenvalue weighted by Crippen LogP contribution is -2.36. The number of halogens is 1. The van der Waals surface area contributed by atoms with E-state index in [-0.39, 0.29) is 12.3 Å². The normalized spacial score (nSPS) is 9.65. The van der Waals surface area contributed by atoms with Crippen molar-refractivity contribution in [3.63, 3.8) is 0 Å². The summed E-state index contributed by atoms with van der Waals surface area (Å²) in [5.74, 6) is -2.33. The van der Waals surface area contributed by atoms with Crippen LogP contribution < -0.4 is 10.6 Å². The Hall–Kier alpha value is -2.68. The number of imide groups is 1. The number of hydrogen-bond donors (Lipinski definition) is 2. The van der Waals surface area contributed by atoms with Gasteiger partial charge in [-0.2, -0.15) is 0 Å². The van der Waals surface area contributed by atoms with E-state index in [9.17, 15) is 19.2 Å². The molecule has 0 aliphatic carbocycles. The molecule has 1 aromatic rings. The fraction of sp³-hybridized carbons (Fsp3) is 0.308. The predicted molar refractivity (Wildman–Crippen MR) is 77.7 cm³/mol. The number of hydrogen-bond acceptors (Lipinski definition) is 7. The quantitative estimate of drug-likeness (QED) is 0.711. The number of pyridine rings is 1. The second-order valence-electron chi connectivity index (χ2n) is 3.97. The van der Waals surface area contributed by atoms with Gasteiger partial charge in [0.15, 0.2) is 6.61 Å². The highest BCUT2D eigenvalue weighted by Crippen LogP contribution is 2.07. The van der Waals surface area contributed by atoms with Crippen LogP contribution in [-0.4, -0.2) is 48.6 Å². The van der Waals surface area contributed by atoms with Crippen LogP contribution in [0.3, 0.4) is 0 Å². The van der Waals surface area contributed by atoms with Crippen molar-refractivity contribution in [2.75, 3.05) is 19.8 Å². The summed E-state index contributed by atoms with van der Waals surface area (Å²) >= 11 is 5.71. The Kier molecular flexibility index (Phi) is 7.48. The third-order valence-corrected chi connectivity index (χ3v) is 2.46. The minimum absolute atomic E-state index is 0.0327. The number of carbonyl (C=O) groups is 4. The molecule has 0 aromatic carbocycles. The molecule has 124 valence electrons. The fourth-order valence-corrected chi connectivity index (χ4v) is 1.45. The van der Waals surface area contributed by atoms with Gasteiger partial charge in [-0.05, 0) is 19.1 Å². The second kappa shape index (κ2) is 9.36. The highest BCUT2D eigenvalue weighted by atomic mass is 35.5. The van der Waals surface area contributed by atoms with Gasteiger partial charge in [-0.1, -0.05) is 11.6 Å². The first-order chi connectivity index (χ1) is 10.9. The van der Waals surface area contributed by atoms with Crippen LogP contribution in [0.1, 0.15) is 17.4 Å². The Morgan fingerprint density at radius 3 is 2.65 bits per heavy atom. The van der Waals surface area contributed by atoms with E-state index in [1.54, 1.807) is 6.92 Å². The van der Waals surface area contributed by atoms with E-state index in [1.165, 1.54) is 18.3 Å². The number of nitrogens with zero attached hydrogens (tertiary/aromatic N) is 1. The van der Waals surface area contributed by atoms with E-state index in [0.29, 0.717) is 5.02 Å². The summed E-state index contributed by atoms with van der Waals surface area (Å²) < 4.78 is 9.04. The molecule has 9 nitrogen and oxygen atoms in total. The monoisotopic (exact) mass is 343 g/mol. The molecule has 0 spiro atoms. The molecular formula is C13H14ClN3O6. The average Bonchev–Trinajstić information content (AvgIpc) is 2.50. The van der Waals surface area contributed by atoms with E-state index in [0.717, 1.165) is 0 Å². The lowest BCUT2D eigenvalue weighted by atomic mass is 10.3. The van der Waals surface area contributed by atoms with Crippen molar-refractivity contribution in [1.29, 1.82) is 0 Å². The fourth-order valence-electron chi connectivity index (χ4n) is 1.29. The molecule has 0 atom stereocenters. The van der Waals surface area contributed by atoms with Gasteiger partial charge in [0.2, 0.25) is 0 Å². The predicted octanol–water partition coefficient (Wildman–Crippen LogP) is 0.281. The first kappa shape index (κ1) is 18.4. The molecule has 0 fully saturated rings. The van der Waals surface area contributed by atoms with Gasteiger partial charge in [0.1, 0.15) is 12.2 Å². The van der Waals surface area contributed by atoms with Crippen LogP contribution in [-0.2, 0) is 19.1 Å². The van der Waals surface area contributed by atoms with Crippen LogP contribution in [0.5, 0.6) is 0 Å². The van der Waals surface area contributed by atoms with Crippen LogP contribution in [0.15, 0.2) is 18.3 Å².